The third-order valence-corrected chi connectivity index (χ3v) is 4.65. The standard InChI is InChI=1S/C23H21N3O4/c1-14(2)22-25-21(30-26-22)13-29-23(27)18-12-20(15-8-10-16(28-3)11-9-15)24-19-7-5-4-6-17(18)19/h4-12,14H,13H2,1-3H3. The number of benzene rings is 2. The zero-order valence-electron chi connectivity index (χ0n) is 17.0. The zero-order valence-corrected chi connectivity index (χ0v) is 17.0. The van der Waals surface area contributed by atoms with Crippen molar-refractivity contribution in [3.63, 3.8) is 0 Å². The highest BCUT2D eigenvalue weighted by Crippen LogP contribution is 2.27. The van der Waals surface area contributed by atoms with Gasteiger partial charge in [0.05, 0.1) is 23.9 Å². The van der Waals surface area contributed by atoms with Crippen LogP contribution in [0.15, 0.2) is 59.1 Å². The minimum Gasteiger partial charge on any atom is -0.497 e. The molecule has 0 aliphatic carbocycles. The van der Waals surface area contributed by atoms with Crippen molar-refractivity contribution in [2.45, 2.75) is 26.4 Å². The van der Waals surface area contributed by atoms with E-state index >= 15 is 0 Å². The van der Waals surface area contributed by atoms with Gasteiger partial charge in [0.1, 0.15) is 5.75 Å². The largest absolute Gasteiger partial charge is 0.497 e. The molecule has 4 rings (SSSR count). The van der Waals surface area contributed by atoms with E-state index in [4.69, 9.17) is 19.0 Å². The number of aromatic nitrogens is 3. The summed E-state index contributed by atoms with van der Waals surface area (Å²) in [5.74, 6) is 1.25. The molecule has 0 atom stereocenters. The number of methoxy groups -OCH3 is 1. The van der Waals surface area contributed by atoms with Gasteiger partial charge in [0.15, 0.2) is 12.4 Å². The normalized spacial score (nSPS) is 11.1. The SMILES string of the molecule is COc1ccc(-c2cc(C(=O)OCc3nc(C(C)C)no3)c3ccccc3n2)cc1. The highest BCUT2D eigenvalue weighted by molar-refractivity contribution is 6.04. The molecule has 0 amide bonds. The van der Waals surface area contributed by atoms with E-state index < -0.39 is 5.97 Å². The lowest BCUT2D eigenvalue weighted by Crippen LogP contribution is -2.07. The van der Waals surface area contributed by atoms with Crippen LogP contribution in [-0.4, -0.2) is 28.2 Å². The number of esters is 1. The Morgan fingerprint density at radius 2 is 1.83 bits per heavy atom. The molecule has 2 aromatic carbocycles. The van der Waals surface area contributed by atoms with Gasteiger partial charge < -0.3 is 14.0 Å². The fourth-order valence-electron chi connectivity index (χ4n) is 3.02. The Bertz CT molecular complexity index is 1180. The van der Waals surface area contributed by atoms with Crippen molar-refractivity contribution in [3.8, 4) is 17.0 Å². The average molecular weight is 403 g/mol. The lowest BCUT2D eigenvalue weighted by Gasteiger charge is -2.10. The Balaban J connectivity index is 1.64. The molecule has 0 saturated carbocycles. The number of pyridine rings is 1. The summed E-state index contributed by atoms with van der Waals surface area (Å²) < 4.78 is 15.8. The first-order valence-electron chi connectivity index (χ1n) is 9.59. The van der Waals surface area contributed by atoms with E-state index in [1.165, 1.54) is 0 Å². The third-order valence-electron chi connectivity index (χ3n) is 4.65. The summed E-state index contributed by atoms with van der Waals surface area (Å²) >= 11 is 0. The van der Waals surface area contributed by atoms with Crippen LogP contribution in [0.2, 0.25) is 0 Å². The topological polar surface area (TPSA) is 87.3 Å². The molecule has 152 valence electrons. The molecule has 0 unspecified atom stereocenters. The summed E-state index contributed by atoms with van der Waals surface area (Å²) in [6, 6.07) is 16.7. The second kappa shape index (κ2) is 8.32. The molecular weight excluding hydrogens is 382 g/mol. The number of ether oxygens (including phenoxy) is 2. The van der Waals surface area contributed by atoms with Crippen LogP contribution in [0, 0.1) is 0 Å². The van der Waals surface area contributed by atoms with Crippen LogP contribution in [0.5, 0.6) is 5.75 Å². The average Bonchev–Trinajstić information content (AvgIpc) is 3.26. The van der Waals surface area contributed by atoms with Gasteiger partial charge in [-0.15, -0.1) is 0 Å². The van der Waals surface area contributed by atoms with E-state index in [2.05, 4.69) is 10.1 Å². The number of para-hydroxylation sites is 1. The molecule has 0 N–H and O–H groups in total. The van der Waals surface area contributed by atoms with Crippen LogP contribution < -0.4 is 4.74 Å². The molecule has 0 aliphatic heterocycles. The molecule has 0 radical (unpaired) electrons. The Hall–Kier alpha value is -3.74. The molecule has 0 fully saturated rings. The molecule has 0 aliphatic rings. The monoisotopic (exact) mass is 403 g/mol. The molecule has 30 heavy (non-hydrogen) atoms. The van der Waals surface area contributed by atoms with Crippen molar-refractivity contribution in [1.82, 2.24) is 15.1 Å². The van der Waals surface area contributed by atoms with E-state index in [-0.39, 0.29) is 18.4 Å². The smallest absolute Gasteiger partial charge is 0.339 e. The van der Waals surface area contributed by atoms with E-state index in [1.54, 1.807) is 13.2 Å². The van der Waals surface area contributed by atoms with E-state index in [9.17, 15) is 4.79 Å². The Labute approximate surface area is 173 Å². The number of carbonyl (C=O) groups is 1. The van der Waals surface area contributed by atoms with Gasteiger partial charge in [-0.1, -0.05) is 37.2 Å². The van der Waals surface area contributed by atoms with Crippen LogP contribution in [-0.2, 0) is 11.3 Å². The van der Waals surface area contributed by atoms with Crippen molar-refractivity contribution in [2.24, 2.45) is 0 Å². The minimum atomic E-state index is -0.479. The van der Waals surface area contributed by atoms with Gasteiger partial charge in [-0.05, 0) is 36.4 Å². The number of rotatable bonds is 6. The maximum Gasteiger partial charge on any atom is 0.339 e. The van der Waals surface area contributed by atoms with Gasteiger partial charge in [-0.25, -0.2) is 9.78 Å². The number of hydrogen-bond donors (Lipinski definition) is 0. The Morgan fingerprint density at radius 1 is 1.07 bits per heavy atom. The molecule has 0 saturated heterocycles. The van der Waals surface area contributed by atoms with Crippen molar-refractivity contribution in [1.29, 1.82) is 0 Å². The molecule has 2 heterocycles. The lowest BCUT2D eigenvalue weighted by atomic mass is 10.0. The fraction of sp³-hybridized carbons (Fsp3) is 0.217. The first-order valence-corrected chi connectivity index (χ1v) is 9.59. The molecule has 0 spiro atoms. The third kappa shape index (κ3) is 4.00. The summed E-state index contributed by atoms with van der Waals surface area (Å²) in [5, 5.41) is 4.60. The molecule has 7 heteroatoms. The second-order valence-electron chi connectivity index (χ2n) is 7.08. The molecule has 2 aromatic heterocycles. The molecule has 0 bridgehead atoms. The number of carbonyl (C=O) groups excluding carboxylic acids is 1. The van der Waals surface area contributed by atoms with E-state index in [1.807, 2.05) is 62.4 Å². The highest BCUT2D eigenvalue weighted by atomic mass is 16.6. The first kappa shape index (κ1) is 19.6. The van der Waals surface area contributed by atoms with Gasteiger partial charge in [0.2, 0.25) is 0 Å². The Morgan fingerprint density at radius 3 is 2.53 bits per heavy atom. The summed E-state index contributed by atoms with van der Waals surface area (Å²) in [6.45, 7) is 3.84. The minimum absolute atomic E-state index is 0.0902. The van der Waals surface area contributed by atoms with Crippen molar-refractivity contribution < 1.29 is 18.8 Å². The lowest BCUT2D eigenvalue weighted by molar-refractivity contribution is 0.0432. The van der Waals surface area contributed by atoms with Crippen LogP contribution in [0.3, 0.4) is 0 Å². The predicted octanol–water partition coefficient (Wildman–Crippen LogP) is 4.77. The molecule has 4 aromatic rings. The second-order valence-corrected chi connectivity index (χ2v) is 7.08. The van der Waals surface area contributed by atoms with Crippen molar-refractivity contribution in [2.75, 3.05) is 7.11 Å². The van der Waals surface area contributed by atoms with E-state index in [0.29, 0.717) is 28.0 Å². The van der Waals surface area contributed by atoms with Crippen molar-refractivity contribution in [3.05, 3.63) is 71.9 Å². The van der Waals surface area contributed by atoms with Gasteiger partial charge in [0.25, 0.3) is 5.89 Å². The van der Waals surface area contributed by atoms with E-state index in [0.717, 1.165) is 11.3 Å². The van der Waals surface area contributed by atoms with Gasteiger partial charge in [-0.2, -0.15) is 4.98 Å². The highest BCUT2D eigenvalue weighted by Gasteiger charge is 2.17. The maximum absolute atomic E-state index is 12.9. The Kier molecular flexibility index (Phi) is 5.43. The van der Waals surface area contributed by atoms with Gasteiger partial charge in [-0.3, -0.25) is 0 Å². The number of fused-ring (bicyclic) bond motifs is 1. The fourth-order valence-corrected chi connectivity index (χ4v) is 3.02. The van der Waals surface area contributed by atoms with Gasteiger partial charge in [0, 0.05) is 16.9 Å². The number of hydrogen-bond acceptors (Lipinski definition) is 7. The predicted molar refractivity (Wildman–Crippen MR) is 111 cm³/mol. The maximum atomic E-state index is 12.9. The van der Waals surface area contributed by atoms with Crippen LogP contribution >= 0.6 is 0 Å². The summed E-state index contributed by atoms with van der Waals surface area (Å²) in [7, 11) is 1.62. The van der Waals surface area contributed by atoms with Crippen LogP contribution in [0.1, 0.15) is 41.8 Å². The van der Waals surface area contributed by atoms with Gasteiger partial charge >= 0.3 is 5.97 Å². The molecule has 7 nitrogen and oxygen atoms in total. The van der Waals surface area contributed by atoms with Crippen LogP contribution in [0.25, 0.3) is 22.2 Å². The van der Waals surface area contributed by atoms with Crippen molar-refractivity contribution >= 4 is 16.9 Å². The first-order chi connectivity index (χ1) is 14.5. The summed E-state index contributed by atoms with van der Waals surface area (Å²) in [6.07, 6.45) is 0. The quantitative estimate of drug-likeness (QED) is 0.428. The summed E-state index contributed by atoms with van der Waals surface area (Å²) in [4.78, 5) is 21.8. The summed E-state index contributed by atoms with van der Waals surface area (Å²) in [5.41, 5.74) is 2.67. The molecular formula is C23H21N3O4. The number of nitrogens with zero attached hydrogens (tertiary/aromatic N) is 3. The zero-order chi connectivity index (χ0) is 21.1. The van der Waals surface area contributed by atoms with Crippen LogP contribution in [0.4, 0.5) is 0 Å².